The minimum absolute atomic E-state index is 0.0807. The second-order valence-corrected chi connectivity index (χ2v) is 11.3. The van der Waals surface area contributed by atoms with Crippen LogP contribution in [0, 0.1) is 11.8 Å². The predicted octanol–water partition coefficient (Wildman–Crippen LogP) is 4.08. The largest absolute Gasteiger partial charge is 0.393 e. The number of thiophene rings is 1. The molecule has 1 amide bonds. The third kappa shape index (κ3) is 8.26. The van der Waals surface area contributed by atoms with E-state index in [9.17, 15) is 20.1 Å². The van der Waals surface area contributed by atoms with E-state index in [1.54, 1.807) is 17.4 Å². The summed E-state index contributed by atoms with van der Waals surface area (Å²) in [6, 6.07) is 2.05. The number of rotatable bonds is 11. The van der Waals surface area contributed by atoms with Crippen molar-refractivity contribution in [3.8, 4) is 0 Å². The van der Waals surface area contributed by atoms with Crippen LogP contribution in [0.5, 0.6) is 0 Å². The van der Waals surface area contributed by atoms with E-state index in [2.05, 4.69) is 31.9 Å². The lowest BCUT2D eigenvalue weighted by Gasteiger charge is -2.19. The summed E-state index contributed by atoms with van der Waals surface area (Å²) in [5.74, 6) is -0.560. The highest BCUT2D eigenvalue weighted by Crippen LogP contribution is 2.36. The number of unbranched alkanes of at least 4 members (excludes halogenated alkanes) is 1. The first-order chi connectivity index (χ1) is 13.8. The number of hydrogen-bond donors (Lipinski definition) is 4. The van der Waals surface area contributed by atoms with Crippen LogP contribution in [0.3, 0.4) is 0 Å². The van der Waals surface area contributed by atoms with Crippen molar-refractivity contribution in [3.63, 3.8) is 0 Å². The van der Waals surface area contributed by atoms with Gasteiger partial charge in [0, 0.05) is 18.8 Å². The Morgan fingerprint density at radius 3 is 2.72 bits per heavy atom. The molecule has 0 aliphatic heterocycles. The second-order valence-electron chi connectivity index (χ2n) is 7.52. The van der Waals surface area contributed by atoms with Gasteiger partial charge in [-0.2, -0.15) is 0 Å². The second kappa shape index (κ2) is 12.4. The van der Waals surface area contributed by atoms with E-state index >= 15 is 0 Å². The molecule has 5 N–H and O–H groups in total. The zero-order valence-electron chi connectivity index (χ0n) is 16.2. The number of nitrogens with two attached hydrogens (primary N) is 1. The Bertz CT molecular complexity index is 722. The SMILES string of the molecule is NC(=O)CCCC=CC[C@@H]1[C@@H](C=C[C@@H](O)CCc2cc(Br)sc2Br)[C@H](O)C[C@@H]1O. The van der Waals surface area contributed by atoms with Crippen LogP contribution in [0.4, 0.5) is 0 Å². The van der Waals surface area contributed by atoms with Gasteiger partial charge in [0.25, 0.3) is 0 Å². The molecule has 1 heterocycles. The number of aliphatic hydroxyl groups excluding tert-OH is 3. The molecule has 0 bridgehead atoms. The van der Waals surface area contributed by atoms with Gasteiger partial charge in [0.15, 0.2) is 0 Å². The molecular weight excluding hydrogens is 522 g/mol. The Labute approximate surface area is 193 Å². The molecule has 1 aliphatic rings. The molecule has 1 aliphatic carbocycles. The molecule has 1 saturated carbocycles. The summed E-state index contributed by atoms with van der Waals surface area (Å²) in [5.41, 5.74) is 6.28. The Hall–Kier alpha value is -0.510. The number of amides is 1. The fraction of sp³-hybridized carbons (Fsp3) is 0.571. The average molecular weight is 551 g/mol. The van der Waals surface area contributed by atoms with Crippen molar-refractivity contribution in [1.82, 2.24) is 0 Å². The maximum Gasteiger partial charge on any atom is 0.217 e. The molecule has 8 heteroatoms. The minimum Gasteiger partial charge on any atom is -0.393 e. The standard InChI is InChI=1S/C21H29Br2NO4S/c22-19-11-13(21(23)29-19)7-8-14(25)9-10-16-15(17(26)12-18(16)27)5-3-1-2-4-6-20(24)28/h1,3,9-11,14-18,25-27H,2,4-8,12H2,(H2,24,28)/t14-,15+,16+,17-,18+/m0/s1. The van der Waals surface area contributed by atoms with Gasteiger partial charge in [0.05, 0.1) is 25.9 Å². The molecule has 0 unspecified atom stereocenters. The first-order valence-corrected chi connectivity index (χ1v) is 12.3. The summed E-state index contributed by atoms with van der Waals surface area (Å²) in [5, 5.41) is 30.9. The van der Waals surface area contributed by atoms with Gasteiger partial charge in [-0.05, 0) is 81.5 Å². The van der Waals surface area contributed by atoms with Crippen LogP contribution < -0.4 is 5.73 Å². The number of primary amides is 1. The summed E-state index contributed by atoms with van der Waals surface area (Å²) in [6.07, 6.45) is 10.0. The van der Waals surface area contributed by atoms with Crippen LogP contribution in [-0.4, -0.2) is 39.5 Å². The first kappa shape index (κ1) is 24.8. The molecule has 1 aromatic rings. The number of carbonyl (C=O) groups excluding carboxylic acids is 1. The fourth-order valence-corrected chi connectivity index (χ4v) is 6.59. The van der Waals surface area contributed by atoms with E-state index in [-0.39, 0.29) is 17.7 Å². The quantitative estimate of drug-likeness (QED) is 0.246. The van der Waals surface area contributed by atoms with Crippen molar-refractivity contribution in [2.24, 2.45) is 17.6 Å². The Morgan fingerprint density at radius 2 is 2.07 bits per heavy atom. The van der Waals surface area contributed by atoms with Gasteiger partial charge in [-0.25, -0.2) is 0 Å². The van der Waals surface area contributed by atoms with Crippen molar-refractivity contribution in [1.29, 1.82) is 0 Å². The van der Waals surface area contributed by atoms with Crippen LogP contribution in [0.1, 0.15) is 44.1 Å². The average Bonchev–Trinajstić information content (AvgIpc) is 3.11. The molecule has 0 spiro atoms. The Morgan fingerprint density at radius 1 is 1.31 bits per heavy atom. The molecular formula is C21H29Br2NO4S. The highest BCUT2D eigenvalue weighted by Gasteiger charge is 2.39. The Balaban J connectivity index is 1.84. The topological polar surface area (TPSA) is 104 Å². The monoisotopic (exact) mass is 549 g/mol. The number of aliphatic hydroxyl groups is 3. The van der Waals surface area contributed by atoms with Crippen LogP contribution in [0.2, 0.25) is 0 Å². The zero-order chi connectivity index (χ0) is 21.4. The number of allylic oxidation sites excluding steroid dienone is 2. The van der Waals surface area contributed by atoms with Gasteiger partial charge in [-0.1, -0.05) is 24.3 Å². The molecule has 162 valence electrons. The van der Waals surface area contributed by atoms with Crippen molar-refractivity contribution >= 4 is 49.1 Å². The van der Waals surface area contributed by atoms with Gasteiger partial charge in [0.2, 0.25) is 5.91 Å². The predicted molar refractivity (Wildman–Crippen MR) is 124 cm³/mol. The Kier molecular flexibility index (Phi) is 10.6. The summed E-state index contributed by atoms with van der Waals surface area (Å²) in [6.45, 7) is 0. The molecule has 2 rings (SSSR count). The fourth-order valence-electron chi connectivity index (χ4n) is 3.67. The van der Waals surface area contributed by atoms with Gasteiger partial charge in [0.1, 0.15) is 0 Å². The van der Waals surface area contributed by atoms with Crippen molar-refractivity contribution in [2.75, 3.05) is 0 Å². The van der Waals surface area contributed by atoms with Gasteiger partial charge < -0.3 is 21.1 Å². The normalized spacial score (nSPS) is 26.0. The molecule has 1 aromatic heterocycles. The number of aryl methyl sites for hydroxylation is 1. The van der Waals surface area contributed by atoms with Crippen molar-refractivity contribution < 1.29 is 20.1 Å². The molecule has 1 fully saturated rings. The molecule has 0 aromatic carbocycles. The molecule has 0 saturated heterocycles. The lowest BCUT2D eigenvalue weighted by Crippen LogP contribution is -2.20. The van der Waals surface area contributed by atoms with E-state index in [1.165, 1.54) is 0 Å². The number of halogens is 2. The lowest BCUT2D eigenvalue weighted by molar-refractivity contribution is -0.118. The maximum atomic E-state index is 10.7. The van der Waals surface area contributed by atoms with Crippen LogP contribution in [-0.2, 0) is 11.2 Å². The van der Waals surface area contributed by atoms with E-state index in [1.807, 2.05) is 24.3 Å². The van der Waals surface area contributed by atoms with Crippen LogP contribution in [0.15, 0.2) is 37.9 Å². The third-order valence-electron chi connectivity index (χ3n) is 5.28. The van der Waals surface area contributed by atoms with E-state index < -0.39 is 18.3 Å². The molecule has 0 radical (unpaired) electrons. The van der Waals surface area contributed by atoms with E-state index in [0.29, 0.717) is 32.1 Å². The summed E-state index contributed by atoms with van der Waals surface area (Å²) in [4.78, 5) is 10.7. The molecule has 5 nitrogen and oxygen atoms in total. The van der Waals surface area contributed by atoms with Crippen molar-refractivity contribution in [3.05, 3.63) is 43.5 Å². The molecule has 5 atom stereocenters. The van der Waals surface area contributed by atoms with E-state index in [0.717, 1.165) is 26.0 Å². The summed E-state index contributed by atoms with van der Waals surface area (Å²) >= 11 is 8.60. The minimum atomic E-state index is -0.608. The highest BCUT2D eigenvalue weighted by molar-refractivity contribution is 9.12. The van der Waals surface area contributed by atoms with Crippen LogP contribution >= 0.6 is 43.2 Å². The zero-order valence-corrected chi connectivity index (χ0v) is 20.2. The maximum absolute atomic E-state index is 10.7. The molecule has 29 heavy (non-hydrogen) atoms. The highest BCUT2D eigenvalue weighted by atomic mass is 79.9. The third-order valence-corrected chi connectivity index (χ3v) is 7.74. The first-order valence-electron chi connectivity index (χ1n) is 9.87. The van der Waals surface area contributed by atoms with Crippen LogP contribution in [0.25, 0.3) is 0 Å². The van der Waals surface area contributed by atoms with Gasteiger partial charge in [-0.3, -0.25) is 4.79 Å². The lowest BCUT2D eigenvalue weighted by atomic mass is 9.89. The van der Waals surface area contributed by atoms with Gasteiger partial charge >= 0.3 is 0 Å². The summed E-state index contributed by atoms with van der Waals surface area (Å²) in [7, 11) is 0. The number of hydrogen-bond acceptors (Lipinski definition) is 5. The smallest absolute Gasteiger partial charge is 0.217 e. The van der Waals surface area contributed by atoms with Crippen molar-refractivity contribution in [2.45, 2.75) is 63.3 Å². The summed E-state index contributed by atoms with van der Waals surface area (Å²) < 4.78 is 2.12. The van der Waals surface area contributed by atoms with E-state index in [4.69, 9.17) is 5.73 Å². The number of carbonyl (C=O) groups is 1. The van der Waals surface area contributed by atoms with Gasteiger partial charge in [-0.15, -0.1) is 11.3 Å².